The Morgan fingerprint density at radius 2 is 1.45 bits per heavy atom. The summed E-state index contributed by atoms with van der Waals surface area (Å²) in [6, 6.07) is 21.1. The average molecular weight is 419 g/mol. The number of urea groups is 1. The van der Waals surface area contributed by atoms with Crippen LogP contribution in [0.15, 0.2) is 78.9 Å². The summed E-state index contributed by atoms with van der Waals surface area (Å²) < 4.78 is 18.8. The Balaban J connectivity index is 1.35. The van der Waals surface area contributed by atoms with Crippen molar-refractivity contribution < 1.29 is 18.7 Å². The summed E-state index contributed by atoms with van der Waals surface area (Å²) in [6.07, 6.45) is 1.32. The zero-order chi connectivity index (χ0) is 21.6. The van der Waals surface area contributed by atoms with Crippen LogP contribution in [0.25, 0.3) is 0 Å². The van der Waals surface area contributed by atoms with Crippen molar-refractivity contribution in [3.63, 3.8) is 0 Å². The molecule has 0 aliphatic carbocycles. The van der Waals surface area contributed by atoms with Crippen LogP contribution >= 0.6 is 0 Å². The van der Waals surface area contributed by atoms with Crippen molar-refractivity contribution in [3.8, 4) is 11.5 Å². The number of hydrogen-bond donors (Lipinski definition) is 2. The van der Waals surface area contributed by atoms with Crippen molar-refractivity contribution in [1.29, 1.82) is 0 Å². The number of ether oxygens (including phenoxy) is 1. The molecule has 2 N–H and O–H groups in total. The van der Waals surface area contributed by atoms with E-state index in [0.29, 0.717) is 30.1 Å². The van der Waals surface area contributed by atoms with Gasteiger partial charge in [0.2, 0.25) is 5.91 Å². The van der Waals surface area contributed by atoms with Gasteiger partial charge in [-0.25, -0.2) is 9.18 Å². The zero-order valence-electron chi connectivity index (χ0n) is 16.8. The van der Waals surface area contributed by atoms with Crippen LogP contribution in [0.1, 0.15) is 12.8 Å². The van der Waals surface area contributed by atoms with Crippen LogP contribution in [0, 0.1) is 5.82 Å². The molecule has 1 aliphatic rings. The number of halogens is 1. The van der Waals surface area contributed by atoms with E-state index in [1.165, 1.54) is 29.2 Å². The molecule has 1 atom stereocenters. The fourth-order valence-corrected chi connectivity index (χ4v) is 3.47. The van der Waals surface area contributed by atoms with E-state index in [4.69, 9.17) is 4.74 Å². The Hall–Kier alpha value is -3.87. The first-order chi connectivity index (χ1) is 15.1. The molecule has 3 aromatic rings. The minimum absolute atomic E-state index is 0.247. The highest BCUT2D eigenvalue weighted by Gasteiger charge is 2.34. The van der Waals surface area contributed by atoms with E-state index in [2.05, 4.69) is 10.6 Å². The Kier molecular flexibility index (Phi) is 6.12. The number of rotatable bonds is 5. The largest absolute Gasteiger partial charge is 0.457 e. The number of amides is 3. The summed E-state index contributed by atoms with van der Waals surface area (Å²) >= 11 is 0. The van der Waals surface area contributed by atoms with Gasteiger partial charge in [0.15, 0.2) is 0 Å². The van der Waals surface area contributed by atoms with Crippen molar-refractivity contribution >= 4 is 23.3 Å². The average Bonchev–Trinajstić information content (AvgIpc) is 3.28. The maximum absolute atomic E-state index is 13.1. The lowest BCUT2D eigenvalue weighted by molar-refractivity contribution is -0.119. The van der Waals surface area contributed by atoms with Crippen LogP contribution in [0.5, 0.6) is 11.5 Å². The minimum atomic E-state index is -0.569. The number of carbonyl (C=O) groups is 2. The minimum Gasteiger partial charge on any atom is -0.457 e. The number of benzene rings is 3. The number of para-hydroxylation sites is 1. The van der Waals surface area contributed by atoms with Crippen LogP contribution in [0.2, 0.25) is 0 Å². The van der Waals surface area contributed by atoms with Crippen molar-refractivity contribution in [3.05, 3.63) is 84.7 Å². The van der Waals surface area contributed by atoms with Crippen LogP contribution in [0.4, 0.5) is 20.6 Å². The summed E-state index contributed by atoms with van der Waals surface area (Å²) in [5.41, 5.74) is 1.10. The van der Waals surface area contributed by atoms with Gasteiger partial charge in [-0.3, -0.25) is 4.79 Å². The molecule has 4 rings (SSSR count). The first kappa shape index (κ1) is 20.4. The maximum atomic E-state index is 13.1. The van der Waals surface area contributed by atoms with E-state index < -0.39 is 6.04 Å². The normalized spacial score (nSPS) is 15.4. The molecule has 31 heavy (non-hydrogen) atoms. The second kappa shape index (κ2) is 9.30. The lowest BCUT2D eigenvalue weighted by atomic mass is 10.2. The predicted molar refractivity (Wildman–Crippen MR) is 117 cm³/mol. The third-order valence-electron chi connectivity index (χ3n) is 5.01. The summed E-state index contributed by atoms with van der Waals surface area (Å²) in [4.78, 5) is 26.9. The van der Waals surface area contributed by atoms with Gasteiger partial charge in [-0.15, -0.1) is 0 Å². The summed E-state index contributed by atoms with van der Waals surface area (Å²) in [6.45, 7) is 0.481. The van der Waals surface area contributed by atoms with Gasteiger partial charge in [-0.05, 0) is 73.5 Å². The SMILES string of the molecule is O=C(Nc1ccc(Oc2ccccc2)cc1)C1CCCN1C(=O)Nc1ccc(F)cc1. The van der Waals surface area contributed by atoms with E-state index in [1.54, 1.807) is 24.3 Å². The molecule has 1 fully saturated rings. The number of hydrogen-bond acceptors (Lipinski definition) is 3. The number of carbonyl (C=O) groups excluding carboxylic acids is 2. The molecular formula is C24H22FN3O3. The molecule has 3 amide bonds. The first-order valence-electron chi connectivity index (χ1n) is 10.1. The number of likely N-dealkylation sites (tertiary alicyclic amines) is 1. The van der Waals surface area contributed by atoms with Crippen molar-refractivity contribution in [2.45, 2.75) is 18.9 Å². The Morgan fingerprint density at radius 1 is 0.839 bits per heavy atom. The number of nitrogens with zero attached hydrogens (tertiary/aromatic N) is 1. The van der Waals surface area contributed by atoms with Gasteiger partial charge >= 0.3 is 6.03 Å². The molecule has 6 nitrogen and oxygen atoms in total. The zero-order valence-corrected chi connectivity index (χ0v) is 16.8. The van der Waals surface area contributed by atoms with Crippen molar-refractivity contribution in [2.75, 3.05) is 17.2 Å². The molecule has 1 heterocycles. The van der Waals surface area contributed by atoms with Gasteiger partial charge in [-0.2, -0.15) is 0 Å². The van der Waals surface area contributed by atoms with Gasteiger partial charge in [0.05, 0.1) is 0 Å². The monoisotopic (exact) mass is 419 g/mol. The molecule has 1 saturated heterocycles. The molecular weight excluding hydrogens is 397 g/mol. The number of anilines is 2. The Labute approximate surface area is 179 Å². The molecule has 3 aromatic carbocycles. The second-order valence-electron chi connectivity index (χ2n) is 7.22. The maximum Gasteiger partial charge on any atom is 0.322 e. The Bertz CT molecular complexity index is 1040. The molecule has 1 unspecified atom stereocenters. The third kappa shape index (κ3) is 5.19. The lowest BCUT2D eigenvalue weighted by Crippen LogP contribution is -2.45. The van der Waals surface area contributed by atoms with Crippen LogP contribution < -0.4 is 15.4 Å². The molecule has 0 bridgehead atoms. The van der Waals surface area contributed by atoms with Crippen molar-refractivity contribution in [2.24, 2.45) is 0 Å². The van der Waals surface area contributed by atoms with E-state index in [0.717, 1.165) is 12.2 Å². The fourth-order valence-electron chi connectivity index (χ4n) is 3.47. The van der Waals surface area contributed by atoms with Gasteiger partial charge in [0.25, 0.3) is 0 Å². The van der Waals surface area contributed by atoms with E-state index in [9.17, 15) is 14.0 Å². The highest BCUT2D eigenvalue weighted by Crippen LogP contribution is 2.24. The molecule has 1 aliphatic heterocycles. The van der Waals surface area contributed by atoms with Crippen molar-refractivity contribution in [1.82, 2.24) is 4.90 Å². The molecule has 0 spiro atoms. The van der Waals surface area contributed by atoms with Gasteiger partial charge in [0.1, 0.15) is 23.4 Å². The van der Waals surface area contributed by atoms with Gasteiger partial charge in [-0.1, -0.05) is 18.2 Å². The molecule has 0 saturated carbocycles. The lowest BCUT2D eigenvalue weighted by Gasteiger charge is -2.24. The standard InChI is InChI=1S/C24H22FN3O3/c25-17-8-10-19(11-9-17)27-24(30)28-16-4-7-22(28)23(29)26-18-12-14-21(15-13-18)31-20-5-2-1-3-6-20/h1-3,5-6,8-15,22H,4,7,16H2,(H,26,29)(H,27,30). The molecule has 0 aromatic heterocycles. The molecule has 7 heteroatoms. The van der Waals surface area contributed by atoms with Crippen LogP contribution in [-0.4, -0.2) is 29.4 Å². The predicted octanol–water partition coefficient (Wildman–Crippen LogP) is 5.25. The smallest absolute Gasteiger partial charge is 0.322 e. The van der Waals surface area contributed by atoms with Gasteiger partial charge in [0, 0.05) is 17.9 Å². The topological polar surface area (TPSA) is 70.7 Å². The quantitative estimate of drug-likeness (QED) is 0.593. The number of nitrogens with one attached hydrogen (secondary N) is 2. The van der Waals surface area contributed by atoms with Gasteiger partial charge < -0.3 is 20.3 Å². The fraction of sp³-hybridized carbons (Fsp3) is 0.167. The van der Waals surface area contributed by atoms with Crippen LogP contribution in [-0.2, 0) is 4.79 Å². The summed E-state index contributed by atoms with van der Waals surface area (Å²) in [7, 11) is 0. The highest BCUT2D eigenvalue weighted by atomic mass is 19.1. The molecule has 0 radical (unpaired) electrons. The summed E-state index contributed by atoms with van der Waals surface area (Å²) in [5.74, 6) is 0.763. The highest BCUT2D eigenvalue weighted by molar-refractivity contribution is 5.99. The Morgan fingerprint density at radius 3 is 2.16 bits per heavy atom. The van der Waals surface area contributed by atoms with E-state index in [1.807, 2.05) is 30.3 Å². The van der Waals surface area contributed by atoms with Crippen LogP contribution in [0.3, 0.4) is 0 Å². The first-order valence-corrected chi connectivity index (χ1v) is 10.1. The van der Waals surface area contributed by atoms with E-state index in [-0.39, 0.29) is 17.8 Å². The summed E-state index contributed by atoms with van der Waals surface area (Å²) in [5, 5.41) is 5.58. The third-order valence-corrected chi connectivity index (χ3v) is 5.01. The van der Waals surface area contributed by atoms with E-state index >= 15 is 0 Å². The second-order valence-corrected chi connectivity index (χ2v) is 7.22. The molecule has 158 valence electrons.